The Kier molecular flexibility index (Phi) is 5.43. The third-order valence-electron chi connectivity index (χ3n) is 4.50. The first-order valence-electron chi connectivity index (χ1n) is 8.73. The summed E-state index contributed by atoms with van der Waals surface area (Å²) in [7, 11) is 1.50. The van der Waals surface area contributed by atoms with Gasteiger partial charge < -0.3 is 14.3 Å². The fourth-order valence-electron chi connectivity index (χ4n) is 2.95. The molecule has 1 aromatic heterocycles. The van der Waals surface area contributed by atoms with Gasteiger partial charge in [-0.25, -0.2) is 4.98 Å². The number of fused-ring (bicyclic) bond motifs is 1. The Morgan fingerprint density at radius 3 is 2.69 bits per heavy atom. The van der Waals surface area contributed by atoms with Crippen LogP contribution in [0.2, 0.25) is 0 Å². The van der Waals surface area contributed by atoms with Crippen LogP contribution >= 0.6 is 31.9 Å². The van der Waals surface area contributed by atoms with E-state index in [1.807, 2.05) is 49.4 Å². The summed E-state index contributed by atoms with van der Waals surface area (Å²) in [5, 5.41) is 10.4. The molecule has 0 aliphatic heterocycles. The summed E-state index contributed by atoms with van der Waals surface area (Å²) in [4.78, 5) is 9.10. The Morgan fingerprint density at radius 1 is 1.14 bits per heavy atom. The van der Waals surface area contributed by atoms with E-state index in [9.17, 15) is 5.11 Å². The highest BCUT2D eigenvalue weighted by Gasteiger charge is 2.14. The lowest BCUT2D eigenvalue weighted by Crippen LogP contribution is -1.91. The van der Waals surface area contributed by atoms with Crippen LogP contribution < -0.4 is 4.74 Å². The number of rotatable bonds is 4. The van der Waals surface area contributed by atoms with Gasteiger partial charge >= 0.3 is 0 Å². The van der Waals surface area contributed by atoms with Crippen molar-refractivity contribution in [2.75, 3.05) is 7.11 Å². The van der Waals surface area contributed by atoms with Crippen molar-refractivity contribution in [2.24, 2.45) is 4.99 Å². The van der Waals surface area contributed by atoms with Gasteiger partial charge in [0, 0.05) is 20.7 Å². The molecule has 7 heteroatoms. The summed E-state index contributed by atoms with van der Waals surface area (Å²) in [5.41, 5.74) is 4.66. The second kappa shape index (κ2) is 8.00. The number of oxazole rings is 1. The second-order valence-corrected chi connectivity index (χ2v) is 8.03. The Morgan fingerprint density at radius 2 is 1.93 bits per heavy atom. The molecule has 0 aliphatic rings. The molecule has 5 nitrogen and oxygen atoms in total. The van der Waals surface area contributed by atoms with Crippen molar-refractivity contribution in [1.82, 2.24) is 4.98 Å². The van der Waals surface area contributed by atoms with Crippen molar-refractivity contribution in [3.63, 3.8) is 0 Å². The van der Waals surface area contributed by atoms with Crippen LogP contribution in [0.1, 0.15) is 11.1 Å². The number of phenols is 1. The zero-order valence-corrected chi connectivity index (χ0v) is 18.8. The molecule has 0 spiro atoms. The third-order valence-corrected chi connectivity index (χ3v) is 6.51. The van der Waals surface area contributed by atoms with Crippen LogP contribution in [-0.4, -0.2) is 23.4 Å². The van der Waals surface area contributed by atoms with E-state index in [1.54, 1.807) is 12.3 Å². The van der Waals surface area contributed by atoms with Crippen molar-refractivity contribution < 1.29 is 14.3 Å². The molecule has 1 N–H and O–H groups in total. The van der Waals surface area contributed by atoms with E-state index in [-0.39, 0.29) is 5.75 Å². The number of ether oxygens (including phenoxy) is 1. The first-order chi connectivity index (χ1) is 14.0. The molecule has 0 atom stereocenters. The smallest absolute Gasteiger partial charge is 0.227 e. The number of methoxy groups -OCH3 is 1. The lowest BCUT2D eigenvalue weighted by atomic mass is 10.1. The largest absolute Gasteiger partial charge is 0.504 e. The first kappa shape index (κ1) is 19.7. The number of aryl methyl sites for hydroxylation is 1. The van der Waals surface area contributed by atoms with E-state index in [2.05, 4.69) is 41.8 Å². The lowest BCUT2D eigenvalue weighted by Gasteiger charge is -2.09. The van der Waals surface area contributed by atoms with Gasteiger partial charge in [0.2, 0.25) is 5.89 Å². The van der Waals surface area contributed by atoms with Crippen LogP contribution in [0.15, 0.2) is 66.9 Å². The molecule has 3 aromatic carbocycles. The summed E-state index contributed by atoms with van der Waals surface area (Å²) in [6.07, 6.45) is 1.58. The average molecular weight is 516 g/mol. The highest BCUT2D eigenvalue weighted by molar-refractivity contribution is 9.13. The van der Waals surface area contributed by atoms with Gasteiger partial charge in [0.15, 0.2) is 17.1 Å². The standard InChI is InChI=1S/C22H16Br2N2O3/c1-12-5-3-4-6-14(12)22-26-17-9-13(7-8-18(17)29-22)25-11-15-20(24)16(23)10-19(28-2)21(15)27/h3-11,27H,1-2H3. The third kappa shape index (κ3) is 3.80. The van der Waals surface area contributed by atoms with Gasteiger partial charge in [-0.1, -0.05) is 18.2 Å². The van der Waals surface area contributed by atoms with E-state index in [0.29, 0.717) is 38.5 Å². The fraction of sp³-hybridized carbons (Fsp3) is 0.0909. The maximum atomic E-state index is 10.4. The van der Waals surface area contributed by atoms with Crippen LogP contribution in [0, 0.1) is 6.92 Å². The van der Waals surface area contributed by atoms with Crippen LogP contribution in [0.3, 0.4) is 0 Å². The fourth-order valence-corrected chi connectivity index (χ4v) is 3.77. The number of aromatic nitrogens is 1. The topological polar surface area (TPSA) is 67.9 Å². The van der Waals surface area contributed by atoms with Crippen molar-refractivity contribution in [3.8, 4) is 23.0 Å². The van der Waals surface area contributed by atoms with E-state index < -0.39 is 0 Å². The molecule has 4 rings (SSSR count). The minimum atomic E-state index is 0.00989. The molecule has 0 saturated carbocycles. The summed E-state index contributed by atoms with van der Waals surface area (Å²) < 4.78 is 12.5. The van der Waals surface area contributed by atoms with Gasteiger partial charge in [0.1, 0.15) is 5.52 Å². The maximum Gasteiger partial charge on any atom is 0.227 e. The quantitative estimate of drug-likeness (QED) is 0.304. The Labute approximate surface area is 184 Å². The van der Waals surface area contributed by atoms with Crippen LogP contribution in [0.4, 0.5) is 5.69 Å². The van der Waals surface area contributed by atoms with Gasteiger partial charge in [0.05, 0.1) is 18.4 Å². The number of hydrogen-bond acceptors (Lipinski definition) is 5. The SMILES string of the molecule is COc1cc(Br)c(Br)c(C=Nc2ccc3oc(-c4ccccc4C)nc3c2)c1O. The molecule has 0 bridgehead atoms. The molecule has 0 amide bonds. The summed E-state index contributed by atoms with van der Waals surface area (Å²) in [6, 6.07) is 15.2. The number of hydrogen-bond donors (Lipinski definition) is 1. The number of halogens is 2. The Balaban J connectivity index is 1.71. The minimum absolute atomic E-state index is 0.00989. The number of phenolic OH excluding ortho intramolecular Hbond substituents is 1. The van der Waals surface area contributed by atoms with Crippen LogP contribution in [0.25, 0.3) is 22.6 Å². The normalized spacial score (nSPS) is 11.4. The zero-order chi connectivity index (χ0) is 20.5. The molecule has 146 valence electrons. The van der Waals surface area contributed by atoms with Gasteiger partial charge in [-0.2, -0.15) is 0 Å². The monoisotopic (exact) mass is 514 g/mol. The van der Waals surface area contributed by atoms with Gasteiger partial charge in [0.25, 0.3) is 0 Å². The van der Waals surface area contributed by atoms with Gasteiger partial charge in [-0.15, -0.1) is 0 Å². The Hall–Kier alpha value is -2.64. The lowest BCUT2D eigenvalue weighted by molar-refractivity contribution is 0.372. The highest BCUT2D eigenvalue weighted by atomic mass is 79.9. The molecule has 0 aliphatic carbocycles. The summed E-state index contributed by atoms with van der Waals surface area (Å²) >= 11 is 6.90. The van der Waals surface area contributed by atoms with Gasteiger partial charge in [-0.05, 0) is 74.7 Å². The molecule has 0 fully saturated rings. The van der Waals surface area contributed by atoms with E-state index >= 15 is 0 Å². The second-order valence-electron chi connectivity index (χ2n) is 6.38. The Bertz CT molecular complexity index is 1250. The van der Waals surface area contributed by atoms with Gasteiger partial charge in [-0.3, -0.25) is 4.99 Å². The summed E-state index contributed by atoms with van der Waals surface area (Å²) in [6.45, 7) is 2.02. The first-order valence-corrected chi connectivity index (χ1v) is 10.3. The molecule has 0 radical (unpaired) electrons. The number of nitrogens with zero attached hydrogens (tertiary/aromatic N) is 2. The van der Waals surface area contributed by atoms with E-state index in [4.69, 9.17) is 9.15 Å². The minimum Gasteiger partial charge on any atom is -0.504 e. The molecule has 29 heavy (non-hydrogen) atoms. The number of aromatic hydroxyl groups is 1. The van der Waals surface area contributed by atoms with Crippen molar-refractivity contribution >= 4 is 54.9 Å². The zero-order valence-electron chi connectivity index (χ0n) is 15.6. The predicted molar refractivity (Wildman–Crippen MR) is 121 cm³/mol. The molecule has 1 heterocycles. The molecular formula is C22H16Br2N2O3. The predicted octanol–water partition coefficient (Wildman–Crippen LogP) is 6.79. The molecule has 0 saturated heterocycles. The van der Waals surface area contributed by atoms with E-state index in [1.165, 1.54) is 7.11 Å². The number of benzene rings is 3. The van der Waals surface area contributed by atoms with Crippen molar-refractivity contribution in [2.45, 2.75) is 6.92 Å². The molecule has 0 unspecified atom stereocenters. The van der Waals surface area contributed by atoms with E-state index in [0.717, 1.165) is 15.6 Å². The summed E-state index contributed by atoms with van der Waals surface area (Å²) in [5.74, 6) is 0.948. The van der Waals surface area contributed by atoms with Crippen molar-refractivity contribution in [3.05, 3.63) is 68.6 Å². The maximum absolute atomic E-state index is 10.4. The van der Waals surface area contributed by atoms with Crippen molar-refractivity contribution in [1.29, 1.82) is 0 Å². The molecule has 4 aromatic rings. The highest BCUT2D eigenvalue weighted by Crippen LogP contribution is 2.39. The molecular weight excluding hydrogens is 500 g/mol. The van der Waals surface area contributed by atoms with Crippen LogP contribution in [0.5, 0.6) is 11.5 Å². The van der Waals surface area contributed by atoms with Crippen LogP contribution in [-0.2, 0) is 0 Å². The number of aliphatic imine (C=N–C) groups is 1. The average Bonchev–Trinajstić information content (AvgIpc) is 3.14.